The zero-order chi connectivity index (χ0) is 16.2. The molecular weight excluding hydrogens is 312 g/mol. The number of carbonyl (C=O) groups excluding carboxylic acids is 1. The Morgan fingerprint density at radius 3 is 2.78 bits per heavy atom. The van der Waals surface area contributed by atoms with Gasteiger partial charge in [0.2, 0.25) is 11.8 Å². The average Bonchev–Trinajstić information content (AvgIpc) is 2.99. The van der Waals surface area contributed by atoms with Crippen molar-refractivity contribution < 1.29 is 9.53 Å². The van der Waals surface area contributed by atoms with E-state index in [9.17, 15) is 4.79 Å². The van der Waals surface area contributed by atoms with Gasteiger partial charge in [0.25, 0.3) is 5.91 Å². The van der Waals surface area contributed by atoms with Crippen LogP contribution in [0.4, 0.5) is 5.95 Å². The zero-order valence-electron chi connectivity index (χ0n) is 13.1. The molecule has 7 heteroatoms. The average molecular weight is 330 g/mol. The fourth-order valence-corrected chi connectivity index (χ4v) is 3.44. The third-order valence-electron chi connectivity index (χ3n) is 3.38. The zero-order valence-corrected chi connectivity index (χ0v) is 13.9. The van der Waals surface area contributed by atoms with Crippen LogP contribution in [0.25, 0.3) is 0 Å². The molecule has 1 atom stereocenters. The van der Waals surface area contributed by atoms with Crippen molar-refractivity contribution in [2.45, 2.75) is 26.4 Å². The van der Waals surface area contributed by atoms with Gasteiger partial charge in [0, 0.05) is 35.0 Å². The van der Waals surface area contributed by atoms with Crippen molar-refractivity contribution in [3.05, 3.63) is 41.3 Å². The molecule has 0 bridgehead atoms. The van der Waals surface area contributed by atoms with Crippen LogP contribution in [-0.4, -0.2) is 38.5 Å². The number of hydrogen-bond donors (Lipinski definition) is 1. The van der Waals surface area contributed by atoms with E-state index >= 15 is 0 Å². The van der Waals surface area contributed by atoms with Crippen molar-refractivity contribution in [2.24, 2.45) is 0 Å². The van der Waals surface area contributed by atoms with Crippen molar-refractivity contribution in [3.8, 4) is 5.88 Å². The number of carbonyl (C=O) groups is 1. The molecule has 0 aromatic carbocycles. The van der Waals surface area contributed by atoms with E-state index in [0.29, 0.717) is 17.4 Å². The summed E-state index contributed by atoms with van der Waals surface area (Å²) in [5.74, 6) is 2.58. The van der Waals surface area contributed by atoms with Gasteiger partial charge in [0.1, 0.15) is 6.10 Å². The number of amides is 1. The van der Waals surface area contributed by atoms with E-state index in [0.717, 1.165) is 29.3 Å². The second kappa shape index (κ2) is 6.95. The number of hydrogen-bond acceptors (Lipinski definition) is 6. The highest BCUT2D eigenvalue weighted by molar-refractivity contribution is 7.99. The van der Waals surface area contributed by atoms with E-state index in [2.05, 4.69) is 20.3 Å². The van der Waals surface area contributed by atoms with Crippen molar-refractivity contribution in [1.29, 1.82) is 0 Å². The van der Waals surface area contributed by atoms with E-state index in [1.165, 1.54) is 0 Å². The van der Waals surface area contributed by atoms with E-state index in [4.69, 9.17) is 4.74 Å². The molecule has 1 saturated heterocycles. The lowest BCUT2D eigenvalue weighted by molar-refractivity contribution is 0.102. The smallest absolute Gasteiger partial charge is 0.258 e. The second-order valence-corrected chi connectivity index (χ2v) is 6.56. The summed E-state index contributed by atoms with van der Waals surface area (Å²) in [5.41, 5.74) is 2.10. The molecule has 1 unspecified atom stereocenters. The number of nitrogens with zero attached hydrogens (tertiary/aromatic N) is 3. The van der Waals surface area contributed by atoms with Gasteiger partial charge in [0.15, 0.2) is 0 Å². The highest BCUT2D eigenvalue weighted by Gasteiger charge is 2.18. The van der Waals surface area contributed by atoms with Crippen LogP contribution in [0.5, 0.6) is 5.88 Å². The molecule has 0 spiro atoms. The first-order valence-electron chi connectivity index (χ1n) is 7.44. The molecule has 6 nitrogen and oxygen atoms in total. The predicted molar refractivity (Wildman–Crippen MR) is 90.1 cm³/mol. The summed E-state index contributed by atoms with van der Waals surface area (Å²) in [4.78, 5) is 25.0. The minimum Gasteiger partial charge on any atom is -0.473 e. The van der Waals surface area contributed by atoms with Gasteiger partial charge in [-0.05, 0) is 38.2 Å². The first-order valence-corrected chi connectivity index (χ1v) is 8.60. The van der Waals surface area contributed by atoms with E-state index in [1.54, 1.807) is 18.3 Å². The number of thioether (sulfide) groups is 1. The third-order valence-corrected chi connectivity index (χ3v) is 4.51. The summed E-state index contributed by atoms with van der Waals surface area (Å²) < 4.78 is 5.81. The Kier molecular flexibility index (Phi) is 4.76. The van der Waals surface area contributed by atoms with Gasteiger partial charge in [-0.2, -0.15) is 11.8 Å². The van der Waals surface area contributed by atoms with Crippen molar-refractivity contribution in [1.82, 2.24) is 15.0 Å². The number of nitrogens with one attached hydrogen (secondary N) is 1. The first kappa shape index (κ1) is 15.7. The number of rotatable bonds is 4. The Balaban J connectivity index is 1.71. The summed E-state index contributed by atoms with van der Waals surface area (Å²) in [5, 5.41) is 2.71. The molecule has 3 heterocycles. The number of ether oxygens (including phenoxy) is 1. The van der Waals surface area contributed by atoms with Crippen LogP contribution in [0.3, 0.4) is 0 Å². The topological polar surface area (TPSA) is 77.0 Å². The molecule has 2 aromatic heterocycles. The van der Waals surface area contributed by atoms with Crippen molar-refractivity contribution >= 4 is 23.6 Å². The molecular formula is C16H18N4O2S. The summed E-state index contributed by atoms with van der Waals surface area (Å²) in [6, 6.07) is 5.16. The molecule has 23 heavy (non-hydrogen) atoms. The maximum atomic E-state index is 12.3. The van der Waals surface area contributed by atoms with Crippen LogP contribution in [0.1, 0.15) is 28.2 Å². The summed E-state index contributed by atoms with van der Waals surface area (Å²) in [6.45, 7) is 3.73. The van der Waals surface area contributed by atoms with Gasteiger partial charge in [0.05, 0.1) is 0 Å². The van der Waals surface area contributed by atoms with Crippen LogP contribution >= 0.6 is 11.8 Å². The quantitative estimate of drug-likeness (QED) is 0.928. The van der Waals surface area contributed by atoms with E-state index in [1.807, 2.05) is 31.7 Å². The molecule has 0 saturated carbocycles. The monoisotopic (exact) mass is 330 g/mol. The Morgan fingerprint density at radius 2 is 2.09 bits per heavy atom. The highest BCUT2D eigenvalue weighted by Crippen LogP contribution is 2.22. The van der Waals surface area contributed by atoms with Gasteiger partial charge >= 0.3 is 0 Å². The Morgan fingerprint density at radius 1 is 1.30 bits per heavy atom. The molecule has 0 radical (unpaired) electrons. The van der Waals surface area contributed by atoms with Crippen LogP contribution in [0.15, 0.2) is 24.4 Å². The number of pyridine rings is 1. The molecule has 2 aromatic rings. The van der Waals surface area contributed by atoms with E-state index in [-0.39, 0.29) is 12.0 Å². The molecule has 1 aliphatic heterocycles. The lowest BCUT2D eigenvalue weighted by atomic mass is 10.2. The number of aryl methyl sites for hydroxylation is 2. The number of anilines is 1. The SMILES string of the molecule is Cc1cc(C)nc(NC(=O)c2ccnc(OC3CCSC3)c2)n1. The van der Waals surface area contributed by atoms with Crippen molar-refractivity contribution in [2.75, 3.05) is 16.8 Å². The van der Waals surface area contributed by atoms with Crippen LogP contribution < -0.4 is 10.1 Å². The summed E-state index contributed by atoms with van der Waals surface area (Å²) >= 11 is 1.87. The Labute approximate surface area is 139 Å². The lowest BCUT2D eigenvalue weighted by Crippen LogP contribution is -2.17. The Hall–Kier alpha value is -2.15. The lowest BCUT2D eigenvalue weighted by Gasteiger charge is -2.12. The van der Waals surface area contributed by atoms with Gasteiger partial charge in [-0.1, -0.05) is 0 Å². The first-order chi connectivity index (χ1) is 11.1. The summed E-state index contributed by atoms with van der Waals surface area (Å²) in [6.07, 6.45) is 2.77. The van der Waals surface area contributed by atoms with Gasteiger partial charge in [-0.3, -0.25) is 10.1 Å². The largest absolute Gasteiger partial charge is 0.473 e. The molecule has 1 N–H and O–H groups in total. The van der Waals surface area contributed by atoms with Crippen LogP contribution in [-0.2, 0) is 0 Å². The number of aromatic nitrogens is 3. The standard InChI is InChI=1S/C16H18N4O2S/c1-10-7-11(2)19-16(18-10)20-15(21)12-3-5-17-14(8-12)22-13-4-6-23-9-13/h3,5,7-8,13H,4,6,9H2,1-2H3,(H,18,19,20,21). The molecule has 3 rings (SSSR count). The predicted octanol–water partition coefficient (Wildman–Crippen LogP) is 2.63. The fraction of sp³-hybridized carbons (Fsp3) is 0.375. The van der Waals surface area contributed by atoms with Crippen LogP contribution in [0.2, 0.25) is 0 Å². The Bertz CT molecular complexity index is 697. The fourth-order valence-electron chi connectivity index (χ4n) is 2.35. The highest BCUT2D eigenvalue weighted by atomic mass is 32.2. The molecule has 1 fully saturated rings. The summed E-state index contributed by atoms with van der Waals surface area (Å²) in [7, 11) is 0. The molecule has 0 aliphatic carbocycles. The van der Waals surface area contributed by atoms with E-state index < -0.39 is 0 Å². The third kappa shape index (κ3) is 4.19. The minimum absolute atomic E-state index is 0.175. The molecule has 1 amide bonds. The van der Waals surface area contributed by atoms with Gasteiger partial charge < -0.3 is 4.74 Å². The maximum absolute atomic E-state index is 12.3. The van der Waals surface area contributed by atoms with Crippen molar-refractivity contribution in [3.63, 3.8) is 0 Å². The minimum atomic E-state index is -0.275. The molecule has 120 valence electrons. The normalized spacial score (nSPS) is 17.0. The second-order valence-electron chi connectivity index (χ2n) is 5.41. The van der Waals surface area contributed by atoms with Gasteiger partial charge in [-0.15, -0.1) is 0 Å². The van der Waals surface area contributed by atoms with Crippen LogP contribution in [0, 0.1) is 13.8 Å². The maximum Gasteiger partial charge on any atom is 0.258 e. The van der Waals surface area contributed by atoms with Gasteiger partial charge in [-0.25, -0.2) is 15.0 Å². The molecule has 1 aliphatic rings.